The average molecular weight is 371 g/mol. The van der Waals surface area contributed by atoms with E-state index in [0.717, 1.165) is 0 Å². The highest BCUT2D eigenvalue weighted by Gasteiger charge is 2.73. The first kappa shape index (κ1) is 20.2. The highest BCUT2D eigenvalue weighted by molar-refractivity contribution is 5.81. The number of benzene rings is 1. The van der Waals surface area contributed by atoms with Crippen LogP contribution in [0.1, 0.15) is 12.5 Å². The molecule has 0 amide bonds. The van der Waals surface area contributed by atoms with Crippen molar-refractivity contribution in [1.82, 2.24) is 0 Å². The Morgan fingerprint density at radius 2 is 1.69 bits per heavy atom. The van der Waals surface area contributed by atoms with Gasteiger partial charge in [0.2, 0.25) is 0 Å². The standard InChI is InChI=1S/C16H21NO9/c1-2-25-15(22)16(17(23)24)13(20)10(18)12(11(19)14(16)21)26-8-9-6-4-3-5-7-9/h3-7,10-14,18-21H,2,8H2,1H3/t10-,11+,12?,13-,14-,16?/m0/s1. The lowest BCUT2D eigenvalue weighted by atomic mass is 9.72. The van der Waals surface area contributed by atoms with Gasteiger partial charge in [-0.3, -0.25) is 10.1 Å². The molecule has 0 spiro atoms. The number of hydrogen-bond acceptors (Lipinski definition) is 9. The van der Waals surface area contributed by atoms with Crippen molar-refractivity contribution in [3.05, 3.63) is 46.0 Å². The molecule has 26 heavy (non-hydrogen) atoms. The quantitative estimate of drug-likeness (QED) is 0.268. The maximum absolute atomic E-state index is 12.1. The van der Waals surface area contributed by atoms with Gasteiger partial charge in [0.05, 0.1) is 13.2 Å². The molecule has 0 aromatic heterocycles. The summed E-state index contributed by atoms with van der Waals surface area (Å²) >= 11 is 0. The number of nitro groups is 1. The van der Waals surface area contributed by atoms with Crippen molar-refractivity contribution >= 4 is 5.97 Å². The summed E-state index contributed by atoms with van der Waals surface area (Å²) in [6.07, 6.45) is -10.3. The fourth-order valence-corrected chi connectivity index (χ4v) is 3.00. The Balaban J connectivity index is 2.28. The van der Waals surface area contributed by atoms with Crippen LogP contribution in [0.25, 0.3) is 0 Å². The van der Waals surface area contributed by atoms with Gasteiger partial charge in [0, 0.05) is 4.92 Å². The fourth-order valence-electron chi connectivity index (χ4n) is 3.00. The molecule has 4 N–H and O–H groups in total. The summed E-state index contributed by atoms with van der Waals surface area (Å²) in [6.45, 7) is 1.03. The van der Waals surface area contributed by atoms with Gasteiger partial charge in [-0.05, 0) is 12.5 Å². The number of rotatable bonds is 6. The SMILES string of the molecule is CCOC(=O)C1([N+](=O)[O-])[C@@H](O)[C@H](O)C(OCc2ccccc2)[C@H](O)[C@@H]1O. The zero-order valence-electron chi connectivity index (χ0n) is 14.0. The van der Waals surface area contributed by atoms with Crippen molar-refractivity contribution in [2.75, 3.05) is 6.61 Å². The van der Waals surface area contributed by atoms with Gasteiger partial charge in [-0.25, -0.2) is 4.79 Å². The van der Waals surface area contributed by atoms with Crippen LogP contribution >= 0.6 is 0 Å². The lowest BCUT2D eigenvalue weighted by Gasteiger charge is -2.44. The van der Waals surface area contributed by atoms with Crippen LogP contribution in [-0.4, -0.2) is 74.0 Å². The van der Waals surface area contributed by atoms with Crippen molar-refractivity contribution in [3.63, 3.8) is 0 Å². The number of carbonyl (C=O) groups excluding carboxylic acids is 1. The molecule has 0 aliphatic heterocycles. The van der Waals surface area contributed by atoms with Crippen LogP contribution in [0.3, 0.4) is 0 Å². The van der Waals surface area contributed by atoms with Crippen LogP contribution in [0, 0.1) is 10.1 Å². The minimum atomic E-state index is -3.12. The third-order valence-electron chi connectivity index (χ3n) is 4.41. The highest BCUT2D eigenvalue weighted by atomic mass is 16.6. The van der Waals surface area contributed by atoms with Crippen LogP contribution < -0.4 is 0 Å². The number of esters is 1. The molecule has 6 atom stereocenters. The number of hydrogen-bond donors (Lipinski definition) is 4. The third-order valence-corrected chi connectivity index (χ3v) is 4.41. The summed E-state index contributed by atoms with van der Waals surface area (Å²) in [6, 6.07) is 8.64. The lowest BCUT2D eigenvalue weighted by Crippen LogP contribution is -2.77. The van der Waals surface area contributed by atoms with E-state index in [1.54, 1.807) is 30.3 Å². The molecule has 2 rings (SSSR count). The van der Waals surface area contributed by atoms with Crippen LogP contribution in [0.2, 0.25) is 0 Å². The summed E-state index contributed by atoms with van der Waals surface area (Å²) in [4.78, 5) is 22.4. The van der Waals surface area contributed by atoms with Gasteiger partial charge >= 0.3 is 11.5 Å². The van der Waals surface area contributed by atoms with Crippen LogP contribution in [-0.2, 0) is 20.9 Å². The molecule has 144 valence electrons. The molecule has 1 fully saturated rings. The second-order valence-corrected chi connectivity index (χ2v) is 5.94. The predicted molar refractivity (Wildman–Crippen MR) is 85.4 cm³/mol. The van der Waals surface area contributed by atoms with E-state index >= 15 is 0 Å². The van der Waals surface area contributed by atoms with Crippen molar-refractivity contribution < 1.29 is 39.6 Å². The molecule has 0 radical (unpaired) electrons. The Hall–Kier alpha value is -2.11. The van der Waals surface area contributed by atoms with E-state index in [-0.39, 0.29) is 13.2 Å². The summed E-state index contributed by atoms with van der Waals surface area (Å²) in [5, 5.41) is 52.5. The van der Waals surface area contributed by atoms with Crippen molar-refractivity contribution in [1.29, 1.82) is 0 Å². The molecule has 1 aliphatic rings. The minimum Gasteiger partial charge on any atom is -0.461 e. The first-order chi connectivity index (χ1) is 12.3. The Morgan fingerprint density at radius 1 is 1.15 bits per heavy atom. The number of nitrogens with zero attached hydrogens (tertiary/aromatic N) is 1. The van der Waals surface area contributed by atoms with Gasteiger partial charge in [0.15, 0.2) is 12.2 Å². The van der Waals surface area contributed by atoms with Gasteiger partial charge in [0.25, 0.3) is 0 Å². The molecular formula is C16H21NO9. The predicted octanol–water partition coefficient (Wildman–Crippen LogP) is -1.39. The first-order valence-corrected chi connectivity index (χ1v) is 7.97. The van der Waals surface area contributed by atoms with Gasteiger partial charge in [-0.15, -0.1) is 0 Å². The largest absolute Gasteiger partial charge is 0.461 e. The normalized spacial score (nSPS) is 34.3. The maximum atomic E-state index is 12.1. The van der Waals surface area contributed by atoms with E-state index in [9.17, 15) is 35.3 Å². The summed E-state index contributed by atoms with van der Waals surface area (Å²) in [5.74, 6) is -1.55. The number of aliphatic hydroxyl groups excluding tert-OH is 4. The Bertz CT molecular complexity index is 622. The monoisotopic (exact) mass is 371 g/mol. The number of aliphatic hydroxyl groups is 4. The fraction of sp³-hybridized carbons (Fsp3) is 0.562. The minimum absolute atomic E-state index is 0.0933. The molecule has 2 unspecified atom stereocenters. The van der Waals surface area contributed by atoms with Gasteiger partial charge in [-0.1, -0.05) is 30.3 Å². The Morgan fingerprint density at radius 3 is 2.15 bits per heavy atom. The van der Waals surface area contributed by atoms with E-state index in [2.05, 4.69) is 4.74 Å². The zero-order chi connectivity index (χ0) is 19.5. The number of ether oxygens (including phenoxy) is 2. The van der Waals surface area contributed by atoms with E-state index < -0.39 is 47.0 Å². The van der Waals surface area contributed by atoms with Crippen molar-refractivity contribution in [2.45, 2.75) is 49.6 Å². The van der Waals surface area contributed by atoms with Gasteiger partial charge in [-0.2, -0.15) is 0 Å². The third kappa shape index (κ3) is 3.29. The molecule has 1 aliphatic carbocycles. The molecule has 1 aromatic rings. The molecule has 1 aromatic carbocycles. The lowest BCUT2D eigenvalue weighted by molar-refractivity contribution is -0.592. The van der Waals surface area contributed by atoms with E-state index in [4.69, 9.17) is 4.74 Å². The smallest absolute Gasteiger partial charge is 0.390 e. The first-order valence-electron chi connectivity index (χ1n) is 7.97. The summed E-state index contributed by atoms with van der Waals surface area (Å²) < 4.78 is 9.94. The number of carbonyl (C=O) groups is 1. The van der Waals surface area contributed by atoms with Crippen LogP contribution in [0.15, 0.2) is 30.3 Å². The zero-order valence-corrected chi connectivity index (χ0v) is 14.0. The van der Waals surface area contributed by atoms with E-state index in [1.807, 2.05) is 0 Å². The molecule has 10 nitrogen and oxygen atoms in total. The second-order valence-electron chi connectivity index (χ2n) is 5.94. The maximum Gasteiger partial charge on any atom is 0.390 e. The molecule has 0 heterocycles. The topological polar surface area (TPSA) is 160 Å². The van der Waals surface area contributed by atoms with Gasteiger partial charge in [0.1, 0.15) is 18.3 Å². The Kier molecular flexibility index (Phi) is 6.26. The molecule has 1 saturated carbocycles. The van der Waals surface area contributed by atoms with Crippen molar-refractivity contribution in [2.24, 2.45) is 0 Å². The van der Waals surface area contributed by atoms with Gasteiger partial charge < -0.3 is 29.9 Å². The molecule has 10 heteroatoms. The van der Waals surface area contributed by atoms with Crippen LogP contribution in [0.4, 0.5) is 0 Å². The molecule has 0 saturated heterocycles. The summed E-state index contributed by atoms with van der Waals surface area (Å²) in [5.41, 5.74) is -2.45. The second kappa shape index (κ2) is 8.06. The molecule has 0 bridgehead atoms. The average Bonchev–Trinajstić information content (AvgIpc) is 2.61. The van der Waals surface area contributed by atoms with E-state index in [0.29, 0.717) is 5.56 Å². The van der Waals surface area contributed by atoms with E-state index in [1.165, 1.54) is 6.92 Å². The highest BCUT2D eigenvalue weighted by Crippen LogP contribution is 2.35. The Labute approximate surface area is 148 Å². The van der Waals surface area contributed by atoms with Crippen LogP contribution in [0.5, 0.6) is 0 Å². The summed E-state index contributed by atoms with van der Waals surface area (Å²) in [7, 11) is 0. The molecular weight excluding hydrogens is 350 g/mol. The van der Waals surface area contributed by atoms with Crippen molar-refractivity contribution in [3.8, 4) is 0 Å².